The largest absolute Gasteiger partial charge is 0.325 e. The van der Waals surface area contributed by atoms with E-state index in [2.05, 4.69) is 56.3 Å². The zero-order valence-electron chi connectivity index (χ0n) is 12.7. The van der Waals surface area contributed by atoms with E-state index in [4.69, 9.17) is 5.73 Å². The van der Waals surface area contributed by atoms with Crippen LogP contribution in [0.15, 0.2) is 42.5 Å². The lowest BCUT2D eigenvalue weighted by Crippen LogP contribution is -2.48. The van der Waals surface area contributed by atoms with E-state index in [9.17, 15) is 0 Å². The van der Waals surface area contributed by atoms with E-state index in [1.165, 1.54) is 29.2 Å². The Balaban J connectivity index is 1.93. The molecule has 2 N–H and O–H groups in total. The summed E-state index contributed by atoms with van der Waals surface area (Å²) in [5, 5.41) is 2.69. The molecule has 1 fully saturated rings. The molecule has 0 aliphatic heterocycles. The van der Waals surface area contributed by atoms with Gasteiger partial charge in [-0.05, 0) is 47.4 Å². The first-order valence-corrected chi connectivity index (χ1v) is 7.73. The minimum atomic E-state index is -0.0358. The number of rotatable bonds is 2. The molecular formula is C19H25N. The Morgan fingerprint density at radius 3 is 2.55 bits per heavy atom. The fourth-order valence-corrected chi connectivity index (χ4v) is 4.03. The highest BCUT2D eigenvalue weighted by Crippen LogP contribution is 2.41. The van der Waals surface area contributed by atoms with E-state index < -0.39 is 0 Å². The molecule has 2 aromatic rings. The van der Waals surface area contributed by atoms with E-state index in [-0.39, 0.29) is 5.54 Å². The summed E-state index contributed by atoms with van der Waals surface area (Å²) in [6.07, 6.45) is 5.84. The summed E-state index contributed by atoms with van der Waals surface area (Å²) >= 11 is 0. The summed E-state index contributed by atoms with van der Waals surface area (Å²) in [6.45, 7) is 4.72. The molecule has 106 valence electrons. The van der Waals surface area contributed by atoms with Crippen molar-refractivity contribution in [2.45, 2.75) is 51.5 Å². The highest BCUT2D eigenvalue weighted by Gasteiger charge is 2.37. The molecule has 1 nitrogen and oxygen atoms in total. The number of nitrogens with two attached hydrogens (primary N) is 1. The quantitative estimate of drug-likeness (QED) is 0.840. The number of fused-ring (bicyclic) bond motifs is 1. The van der Waals surface area contributed by atoms with Gasteiger partial charge in [-0.25, -0.2) is 0 Å². The highest BCUT2D eigenvalue weighted by atomic mass is 14.8. The molecule has 0 heterocycles. The van der Waals surface area contributed by atoms with Crippen molar-refractivity contribution in [3.63, 3.8) is 0 Å². The monoisotopic (exact) mass is 267 g/mol. The summed E-state index contributed by atoms with van der Waals surface area (Å²) in [4.78, 5) is 0. The van der Waals surface area contributed by atoms with Crippen molar-refractivity contribution in [1.29, 1.82) is 0 Å². The van der Waals surface area contributed by atoms with Crippen molar-refractivity contribution in [1.82, 2.24) is 0 Å². The van der Waals surface area contributed by atoms with Crippen LogP contribution in [-0.2, 0) is 6.42 Å². The van der Waals surface area contributed by atoms with Gasteiger partial charge in [-0.15, -0.1) is 0 Å². The smallest absolute Gasteiger partial charge is 0.0200 e. The molecule has 1 saturated carbocycles. The zero-order chi connectivity index (χ0) is 14.2. The Morgan fingerprint density at radius 2 is 1.75 bits per heavy atom. The van der Waals surface area contributed by atoms with Crippen LogP contribution in [0.2, 0.25) is 0 Å². The fraction of sp³-hybridized carbons (Fsp3) is 0.474. The maximum absolute atomic E-state index is 6.76. The van der Waals surface area contributed by atoms with Gasteiger partial charge < -0.3 is 5.73 Å². The Bertz CT molecular complexity index is 609. The third-order valence-corrected chi connectivity index (χ3v) is 4.78. The second-order valence-electron chi connectivity index (χ2n) is 7.37. The molecule has 0 bridgehead atoms. The summed E-state index contributed by atoms with van der Waals surface area (Å²) in [7, 11) is 0. The molecule has 1 aliphatic rings. The molecule has 0 amide bonds. The van der Waals surface area contributed by atoms with Crippen LogP contribution in [0.3, 0.4) is 0 Å². The van der Waals surface area contributed by atoms with Gasteiger partial charge in [0.25, 0.3) is 0 Å². The van der Waals surface area contributed by atoms with Crippen molar-refractivity contribution >= 4 is 10.8 Å². The van der Waals surface area contributed by atoms with Crippen molar-refractivity contribution in [2.75, 3.05) is 0 Å². The van der Waals surface area contributed by atoms with E-state index in [0.717, 1.165) is 19.3 Å². The lowest BCUT2D eigenvalue weighted by atomic mass is 9.66. The van der Waals surface area contributed by atoms with Crippen LogP contribution >= 0.6 is 0 Å². The molecule has 0 radical (unpaired) electrons. The van der Waals surface area contributed by atoms with Crippen molar-refractivity contribution in [3.8, 4) is 0 Å². The Kier molecular flexibility index (Phi) is 3.33. The Labute approximate surface area is 122 Å². The molecule has 3 rings (SSSR count). The van der Waals surface area contributed by atoms with Gasteiger partial charge in [0.2, 0.25) is 0 Å². The Morgan fingerprint density at radius 1 is 1.00 bits per heavy atom. The van der Waals surface area contributed by atoms with E-state index >= 15 is 0 Å². The predicted octanol–water partition coefficient (Wildman–Crippen LogP) is 4.68. The van der Waals surface area contributed by atoms with Gasteiger partial charge in [-0.1, -0.05) is 62.7 Å². The first-order chi connectivity index (χ1) is 9.48. The SMILES string of the molecule is CC1(C)CCCC(N)(Cc2cccc3ccccc23)C1. The highest BCUT2D eigenvalue weighted by molar-refractivity contribution is 5.85. The summed E-state index contributed by atoms with van der Waals surface area (Å²) in [6, 6.07) is 15.2. The molecule has 0 spiro atoms. The molecule has 20 heavy (non-hydrogen) atoms. The number of hydrogen-bond donors (Lipinski definition) is 1. The molecule has 0 saturated heterocycles. The van der Waals surface area contributed by atoms with Crippen molar-refractivity contribution in [2.24, 2.45) is 11.1 Å². The van der Waals surface area contributed by atoms with E-state index in [0.29, 0.717) is 5.41 Å². The first kappa shape index (κ1) is 13.6. The van der Waals surface area contributed by atoms with Gasteiger partial charge >= 0.3 is 0 Å². The number of hydrogen-bond acceptors (Lipinski definition) is 1. The maximum Gasteiger partial charge on any atom is 0.0200 e. The molecule has 1 aliphatic carbocycles. The van der Waals surface area contributed by atoms with Crippen LogP contribution in [-0.4, -0.2) is 5.54 Å². The average Bonchev–Trinajstić information content (AvgIpc) is 2.37. The van der Waals surface area contributed by atoms with Gasteiger partial charge in [-0.3, -0.25) is 0 Å². The maximum atomic E-state index is 6.76. The van der Waals surface area contributed by atoms with Crippen LogP contribution in [0.1, 0.15) is 45.1 Å². The minimum Gasteiger partial charge on any atom is -0.325 e. The summed E-state index contributed by atoms with van der Waals surface area (Å²) in [5.41, 5.74) is 8.51. The topological polar surface area (TPSA) is 26.0 Å². The lowest BCUT2D eigenvalue weighted by molar-refractivity contribution is 0.151. The van der Waals surface area contributed by atoms with Crippen LogP contribution in [0.25, 0.3) is 10.8 Å². The third kappa shape index (κ3) is 2.73. The fourth-order valence-electron chi connectivity index (χ4n) is 4.03. The summed E-state index contributed by atoms with van der Waals surface area (Å²) < 4.78 is 0. The van der Waals surface area contributed by atoms with Crippen LogP contribution in [0.5, 0.6) is 0 Å². The summed E-state index contributed by atoms with van der Waals surface area (Å²) in [5.74, 6) is 0. The lowest BCUT2D eigenvalue weighted by Gasteiger charge is -2.43. The van der Waals surface area contributed by atoms with Crippen LogP contribution in [0, 0.1) is 5.41 Å². The average molecular weight is 267 g/mol. The molecule has 0 aromatic heterocycles. The normalized spacial score (nSPS) is 25.8. The second kappa shape index (κ2) is 4.89. The van der Waals surface area contributed by atoms with Gasteiger partial charge in [0.05, 0.1) is 0 Å². The van der Waals surface area contributed by atoms with Gasteiger partial charge in [0, 0.05) is 5.54 Å². The second-order valence-corrected chi connectivity index (χ2v) is 7.37. The van der Waals surface area contributed by atoms with Gasteiger partial charge in [-0.2, -0.15) is 0 Å². The third-order valence-electron chi connectivity index (χ3n) is 4.78. The zero-order valence-corrected chi connectivity index (χ0v) is 12.7. The van der Waals surface area contributed by atoms with Crippen molar-refractivity contribution < 1.29 is 0 Å². The van der Waals surface area contributed by atoms with E-state index in [1.807, 2.05) is 0 Å². The van der Waals surface area contributed by atoms with Gasteiger partial charge in [0.1, 0.15) is 0 Å². The van der Waals surface area contributed by atoms with Crippen LogP contribution in [0.4, 0.5) is 0 Å². The molecule has 2 aromatic carbocycles. The Hall–Kier alpha value is -1.34. The van der Waals surface area contributed by atoms with Crippen LogP contribution < -0.4 is 5.73 Å². The number of benzene rings is 2. The first-order valence-electron chi connectivity index (χ1n) is 7.73. The van der Waals surface area contributed by atoms with Gasteiger partial charge in [0.15, 0.2) is 0 Å². The predicted molar refractivity (Wildman–Crippen MR) is 86.8 cm³/mol. The molecule has 1 heteroatoms. The molecular weight excluding hydrogens is 242 g/mol. The van der Waals surface area contributed by atoms with Crippen molar-refractivity contribution in [3.05, 3.63) is 48.0 Å². The van der Waals surface area contributed by atoms with E-state index in [1.54, 1.807) is 0 Å². The molecule has 1 unspecified atom stereocenters. The minimum absolute atomic E-state index is 0.0358. The molecule has 1 atom stereocenters. The standard InChI is InChI=1S/C19H25N/c1-18(2)11-6-12-19(20,14-18)13-16-9-5-8-15-7-3-4-10-17(15)16/h3-5,7-10H,6,11-14,20H2,1-2H3.